The van der Waals surface area contributed by atoms with Crippen molar-refractivity contribution in [2.45, 2.75) is 19.3 Å². The number of aliphatic carboxylic acids is 1. The largest absolute Gasteiger partial charge is 0.481 e. The van der Waals surface area contributed by atoms with Gasteiger partial charge in [0, 0.05) is 4.88 Å². The van der Waals surface area contributed by atoms with E-state index >= 15 is 0 Å². The van der Waals surface area contributed by atoms with Gasteiger partial charge in [-0.15, -0.1) is 11.3 Å². The SMILES string of the molecule is N#Cc1c(N)sc2c1CCC(C(=O)O)C2. The Morgan fingerprint density at radius 2 is 2.40 bits per heavy atom. The molecular formula is C10H10N2O2S. The lowest BCUT2D eigenvalue weighted by atomic mass is 9.87. The summed E-state index contributed by atoms with van der Waals surface area (Å²) in [5, 5.41) is 18.3. The first-order valence-electron chi connectivity index (χ1n) is 4.66. The normalized spacial score (nSPS) is 19.3. The zero-order chi connectivity index (χ0) is 11.0. The Morgan fingerprint density at radius 1 is 1.67 bits per heavy atom. The number of hydrogen-bond donors (Lipinski definition) is 2. The van der Waals surface area contributed by atoms with E-state index in [-0.39, 0.29) is 5.92 Å². The third-order valence-corrected chi connectivity index (χ3v) is 3.84. The van der Waals surface area contributed by atoms with Gasteiger partial charge >= 0.3 is 5.97 Å². The molecule has 0 spiro atoms. The van der Waals surface area contributed by atoms with E-state index in [1.807, 2.05) is 0 Å². The summed E-state index contributed by atoms with van der Waals surface area (Å²) in [5.74, 6) is -1.08. The van der Waals surface area contributed by atoms with Crippen LogP contribution in [-0.2, 0) is 17.6 Å². The summed E-state index contributed by atoms with van der Waals surface area (Å²) in [6, 6.07) is 2.09. The topological polar surface area (TPSA) is 87.1 Å². The summed E-state index contributed by atoms with van der Waals surface area (Å²) >= 11 is 1.35. The van der Waals surface area contributed by atoms with E-state index in [0.717, 1.165) is 10.4 Å². The van der Waals surface area contributed by atoms with E-state index in [1.54, 1.807) is 0 Å². The van der Waals surface area contributed by atoms with Crippen molar-refractivity contribution in [2.24, 2.45) is 5.92 Å². The second-order valence-electron chi connectivity index (χ2n) is 3.63. The van der Waals surface area contributed by atoms with Crippen molar-refractivity contribution in [1.29, 1.82) is 5.26 Å². The zero-order valence-electron chi connectivity index (χ0n) is 7.99. The number of nitrogen functional groups attached to an aromatic ring is 1. The number of carbonyl (C=O) groups is 1. The molecule has 0 bridgehead atoms. The molecule has 4 nitrogen and oxygen atoms in total. The maximum Gasteiger partial charge on any atom is 0.306 e. The number of carboxylic acids is 1. The van der Waals surface area contributed by atoms with Gasteiger partial charge in [0.25, 0.3) is 0 Å². The maximum absolute atomic E-state index is 10.8. The second-order valence-corrected chi connectivity index (χ2v) is 4.77. The number of nitrogens with zero attached hydrogens (tertiary/aromatic N) is 1. The van der Waals surface area contributed by atoms with Crippen molar-refractivity contribution < 1.29 is 9.90 Å². The molecule has 0 aliphatic heterocycles. The van der Waals surface area contributed by atoms with Crippen molar-refractivity contribution in [1.82, 2.24) is 0 Å². The molecule has 1 aliphatic rings. The Morgan fingerprint density at radius 3 is 3.00 bits per heavy atom. The molecule has 1 heterocycles. The highest BCUT2D eigenvalue weighted by atomic mass is 32.1. The molecule has 2 rings (SSSR count). The van der Waals surface area contributed by atoms with Crippen LogP contribution in [0.4, 0.5) is 5.00 Å². The predicted molar refractivity (Wildman–Crippen MR) is 56.6 cm³/mol. The first kappa shape index (κ1) is 9.99. The van der Waals surface area contributed by atoms with E-state index in [0.29, 0.717) is 29.8 Å². The Kier molecular flexibility index (Phi) is 2.37. The van der Waals surface area contributed by atoms with E-state index in [4.69, 9.17) is 16.1 Å². The van der Waals surface area contributed by atoms with Crippen LogP contribution in [0, 0.1) is 17.2 Å². The highest BCUT2D eigenvalue weighted by Gasteiger charge is 2.28. The first-order chi connectivity index (χ1) is 7.13. The Balaban J connectivity index is 2.37. The lowest BCUT2D eigenvalue weighted by molar-refractivity contribution is -0.142. The summed E-state index contributed by atoms with van der Waals surface area (Å²) in [7, 11) is 0. The van der Waals surface area contributed by atoms with Gasteiger partial charge in [-0.05, 0) is 24.8 Å². The summed E-state index contributed by atoms with van der Waals surface area (Å²) in [5.41, 5.74) is 7.23. The van der Waals surface area contributed by atoms with Crippen LogP contribution in [0.25, 0.3) is 0 Å². The average molecular weight is 222 g/mol. The van der Waals surface area contributed by atoms with Crippen LogP contribution in [-0.4, -0.2) is 11.1 Å². The summed E-state index contributed by atoms with van der Waals surface area (Å²) in [4.78, 5) is 11.8. The minimum absolute atomic E-state index is 0.318. The van der Waals surface area contributed by atoms with Crippen LogP contribution in [0.5, 0.6) is 0 Å². The van der Waals surface area contributed by atoms with E-state index in [9.17, 15) is 4.79 Å². The number of anilines is 1. The molecule has 0 radical (unpaired) electrons. The summed E-state index contributed by atoms with van der Waals surface area (Å²) < 4.78 is 0. The highest BCUT2D eigenvalue weighted by molar-refractivity contribution is 7.16. The van der Waals surface area contributed by atoms with Gasteiger partial charge in [-0.25, -0.2) is 0 Å². The quantitative estimate of drug-likeness (QED) is 0.751. The molecule has 3 N–H and O–H groups in total. The number of nitriles is 1. The smallest absolute Gasteiger partial charge is 0.306 e. The molecule has 1 aromatic heterocycles. The molecule has 1 unspecified atom stereocenters. The number of nitrogens with two attached hydrogens (primary N) is 1. The monoisotopic (exact) mass is 222 g/mol. The number of carboxylic acid groups (broad SMARTS) is 1. The third-order valence-electron chi connectivity index (χ3n) is 2.75. The first-order valence-corrected chi connectivity index (χ1v) is 5.48. The fourth-order valence-corrected chi connectivity index (χ4v) is 3.09. The Hall–Kier alpha value is -1.54. The van der Waals surface area contributed by atoms with Gasteiger partial charge in [-0.1, -0.05) is 0 Å². The molecule has 1 aromatic rings. The van der Waals surface area contributed by atoms with Crippen LogP contribution in [0.2, 0.25) is 0 Å². The van der Waals surface area contributed by atoms with E-state index in [2.05, 4.69) is 6.07 Å². The molecule has 15 heavy (non-hydrogen) atoms. The molecule has 0 aromatic carbocycles. The van der Waals surface area contributed by atoms with E-state index < -0.39 is 5.97 Å². The molecule has 1 atom stereocenters. The molecule has 5 heteroatoms. The third kappa shape index (κ3) is 1.57. The van der Waals surface area contributed by atoms with Gasteiger partial charge in [0.15, 0.2) is 0 Å². The van der Waals surface area contributed by atoms with Crippen molar-refractivity contribution in [3.63, 3.8) is 0 Å². The lowest BCUT2D eigenvalue weighted by Gasteiger charge is -2.17. The Labute approximate surface area is 90.9 Å². The van der Waals surface area contributed by atoms with Crippen molar-refractivity contribution in [3.8, 4) is 6.07 Å². The minimum Gasteiger partial charge on any atom is -0.481 e. The van der Waals surface area contributed by atoms with Crippen LogP contribution in [0.3, 0.4) is 0 Å². The fraction of sp³-hybridized carbons (Fsp3) is 0.400. The van der Waals surface area contributed by atoms with Crippen molar-refractivity contribution in [3.05, 3.63) is 16.0 Å². The standard InChI is InChI=1S/C10H10N2O2S/c11-4-7-6-2-1-5(10(13)14)3-8(6)15-9(7)12/h5H,1-3,12H2,(H,13,14). The fourth-order valence-electron chi connectivity index (χ4n) is 1.94. The van der Waals surface area contributed by atoms with Gasteiger partial charge in [0.1, 0.15) is 11.1 Å². The van der Waals surface area contributed by atoms with Gasteiger partial charge < -0.3 is 10.8 Å². The molecule has 78 valence electrons. The minimum atomic E-state index is -0.758. The molecule has 0 saturated heterocycles. The van der Waals surface area contributed by atoms with Gasteiger partial charge in [0.05, 0.1) is 11.5 Å². The maximum atomic E-state index is 10.8. The van der Waals surface area contributed by atoms with Crippen LogP contribution in [0.1, 0.15) is 22.4 Å². The van der Waals surface area contributed by atoms with Crippen molar-refractivity contribution >= 4 is 22.3 Å². The van der Waals surface area contributed by atoms with Crippen LogP contribution >= 0.6 is 11.3 Å². The second kappa shape index (κ2) is 3.55. The molecule has 1 aliphatic carbocycles. The zero-order valence-corrected chi connectivity index (χ0v) is 8.80. The van der Waals surface area contributed by atoms with Gasteiger partial charge in [-0.3, -0.25) is 4.79 Å². The van der Waals surface area contributed by atoms with Gasteiger partial charge in [-0.2, -0.15) is 5.26 Å². The average Bonchev–Trinajstić information content (AvgIpc) is 2.51. The van der Waals surface area contributed by atoms with Gasteiger partial charge in [0.2, 0.25) is 0 Å². The molecule has 0 fully saturated rings. The molecule has 0 saturated carbocycles. The number of thiophene rings is 1. The highest BCUT2D eigenvalue weighted by Crippen LogP contribution is 2.37. The number of fused-ring (bicyclic) bond motifs is 1. The van der Waals surface area contributed by atoms with Crippen LogP contribution in [0.15, 0.2) is 0 Å². The van der Waals surface area contributed by atoms with Crippen molar-refractivity contribution in [2.75, 3.05) is 5.73 Å². The lowest BCUT2D eigenvalue weighted by Crippen LogP contribution is -2.21. The predicted octanol–water partition coefficient (Wildman–Crippen LogP) is 1.39. The number of rotatable bonds is 1. The molecular weight excluding hydrogens is 212 g/mol. The van der Waals surface area contributed by atoms with E-state index in [1.165, 1.54) is 11.3 Å². The molecule has 0 amide bonds. The summed E-state index contributed by atoms with van der Waals surface area (Å²) in [6.07, 6.45) is 1.78. The Bertz CT molecular complexity index is 459. The van der Waals surface area contributed by atoms with Crippen LogP contribution < -0.4 is 5.73 Å². The summed E-state index contributed by atoms with van der Waals surface area (Å²) in [6.45, 7) is 0. The number of hydrogen-bond acceptors (Lipinski definition) is 4.